The fourth-order valence-corrected chi connectivity index (χ4v) is 3.72. The molecule has 146 valence electrons. The summed E-state index contributed by atoms with van der Waals surface area (Å²) in [5.74, 6) is 1.87. The van der Waals surface area contributed by atoms with Gasteiger partial charge in [0, 0.05) is 19.3 Å². The van der Waals surface area contributed by atoms with Crippen molar-refractivity contribution < 1.29 is 4.52 Å². The van der Waals surface area contributed by atoms with Crippen LogP contribution in [0.3, 0.4) is 0 Å². The van der Waals surface area contributed by atoms with Gasteiger partial charge in [-0.25, -0.2) is 4.98 Å². The van der Waals surface area contributed by atoms with Gasteiger partial charge >= 0.3 is 0 Å². The quantitative estimate of drug-likeness (QED) is 0.685. The number of hydrogen-bond acceptors (Lipinski definition) is 6. The zero-order valence-corrected chi connectivity index (χ0v) is 16.4. The highest BCUT2D eigenvalue weighted by Gasteiger charge is 2.14. The number of rotatable bonds is 6. The lowest BCUT2D eigenvalue weighted by molar-refractivity contribution is 0.276. The number of aryl methyl sites for hydroxylation is 1. The summed E-state index contributed by atoms with van der Waals surface area (Å²) in [5, 5.41) is 7.36. The van der Waals surface area contributed by atoms with Crippen LogP contribution in [0.2, 0.25) is 0 Å². The van der Waals surface area contributed by atoms with E-state index in [1.54, 1.807) is 6.20 Å². The van der Waals surface area contributed by atoms with Crippen molar-refractivity contribution in [1.82, 2.24) is 20.0 Å². The molecule has 3 heterocycles. The topological polar surface area (TPSA) is 67.1 Å². The first kappa shape index (κ1) is 18.6. The molecule has 2 aromatic heterocycles. The van der Waals surface area contributed by atoms with Crippen molar-refractivity contribution >= 4 is 5.82 Å². The molecule has 0 aliphatic carbocycles. The van der Waals surface area contributed by atoms with Gasteiger partial charge in [-0.15, -0.1) is 0 Å². The van der Waals surface area contributed by atoms with E-state index in [2.05, 4.69) is 49.6 Å². The molecule has 0 spiro atoms. The SMILES string of the molecule is Cc1noc(-c2cccnc2NCc2ccccc2CN2CCCCCC2)n1. The lowest BCUT2D eigenvalue weighted by atomic mass is 10.1. The van der Waals surface area contributed by atoms with Gasteiger partial charge in [-0.1, -0.05) is 42.3 Å². The van der Waals surface area contributed by atoms with E-state index in [9.17, 15) is 0 Å². The molecule has 6 heteroatoms. The van der Waals surface area contributed by atoms with Crippen LogP contribution in [-0.2, 0) is 13.1 Å². The zero-order valence-electron chi connectivity index (χ0n) is 16.4. The molecule has 1 aliphatic rings. The highest BCUT2D eigenvalue weighted by molar-refractivity contribution is 5.68. The van der Waals surface area contributed by atoms with Gasteiger partial charge in [0.25, 0.3) is 5.89 Å². The Hall–Kier alpha value is -2.73. The molecule has 1 aliphatic heterocycles. The minimum atomic E-state index is 0.492. The molecule has 1 N–H and O–H groups in total. The molecule has 1 aromatic carbocycles. The van der Waals surface area contributed by atoms with Crippen LogP contribution >= 0.6 is 0 Å². The van der Waals surface area contributed by atoms with Gasteiger partial charge in [0.2, 0.25) is 0 Å². The Balaban J connectivity index is 1.49. The molecule has 6 nitrogen and oxygen atoms in total. The minimum Gasteiger partial charge on any atom is -0.365 e. The fourth-order valence-electron chi connectivity index (χ4n) is 3.72. The van der Waals surface area contributed by atoms with Gasteiger partial charge < -0.3 is 9.84 Å². The highest BCUT2D eigenvalue weighted by Crippen LogP contribution is 2.25. The van der Waals surface area contributed by atoms with Crippen molar-refractivity contribution in [3.05, 3.63) is 59.5 Å². The van der Waals surface area contributed by atoms with E-state index in [4.69, 9.17) is 4.52 Å². The molecule has 0 unspecified atom stereocenters. The summed E-state index contributed by atoms with van der Waals surface area (Å²) in [4.78, 5) is 11.4. The average Bonchev–Trinajstić information content (AvgIpc) is 2.99. The smallest absolute Gasteiger partial charge is 0.261 e. The van der Waals surface area contributed by atoms with Crippen molar-refractivity contribution in [3.8, 4) is 11.5 Å². The molecule has 28 heavy (non-hydrogen) atoms. The number of anilines is 1. The molecule has 3 aromatic rings. The Morgan fingerprint density at radius 1 is 1.00 bits per heavy atom. The Bertz CT molecular complexity index is 899. The summed E-state index contributed by atoms with van der Waals surface area (Å²) in [6.07, 6.45) is 7.11. The molecular weight excluding hydrogens is 350 g/mol. The van der Waals surface area contributed by atoms with Crippen LogP contribution in [0.15, 0.2) is 47.1 Å². The average molecular weight is 377 g/mol. The van der Waals surface area contributed by atoms with Gasteiger partial charge in [-0.05, 0) is 56.1 Å². The summed E-state index contributed by atoms with van der Waals surface area (Å²) in [6, 6.07) is 12.5. The van der Waals surface area contributed by atoms with Crippen LogP contribution in [0.4, 0.5) is 5.82 Å². The highest BCUT2D eigenvalue weighted by atomic mass is 16.5. The molecule has 4 rings (SSSR count). The molecule has 1 saturated heterocycles. The first-order valence-corrected chi connectivity index (χ1v) is 10.1. The van der Waals surface area contributed by atoms with Crippen LogP contribution in [0.25, 0.3) is 11.5 Å². The maximum absolute atomic E-state index is 5.33. The first-order chi connectivity index (χ1) is 13.8. The Morgan fingerprint density at radius 3 is 2.54 bits per heavy atom. The van der Waals surface area contributed by atoms with Crippen LogP contribution in [-0.4, -0.2) is 33.1 Å². The standard InChI is InChI=1S/C22H27N5O/c1-17-25-22(28-26-17)20-11-8-12-23-21(20)24-15-18-9-4-5-10-19(18)16-27-13-6-2-3-7-14-27/h4-5,8-12H,2-3,6-7,13-16H2,1H3,(H,23,24). The summed E-state index contributed by atoms with van der Waals surface area (Å²) in [6.45, 7) is 5.93. The summed E-state index contributed by atoms with van der Waals surface area (Å²) in [5.41, 5.74) is 3.50. The van der Waals surface area contributed by atoms with Gasteiger partial charge in [0.15, 0.2) is 5.82 Å². The second-order valence-corrected chi connectivity index (χ2v) is 7.36. The summed E-state index contributed by atoms with van der Waals surface area (Å²) >= 11 is 0. The molecule has 0 radical (unpaired) electrons. The van der Waals surface area contributed by atoms with E-state index in [-0.39, 0.29) is 0 Å². The fraction of sp³-hybridized carbons (Fsp3) is 0.409. The second-order valence-electron chi connectivity index (χ2n) is 7.36. The normalized spacial score (nSPS) is 15.3. The summed E-state index contributed by atoms with van der Waals surface area (Å²) < 4.78 is 5.33. The van der Waals surface area contributed by atoms with Crippen molar-refractivity contribution in [2.24, 2.45) is 0 Å². The Kier molecular flexibility index (Phi) is 5.97. The largest absolute Gasteiger partial charge is 0.365 e. The lowest BCUT2D eigenvalue weighted by Gasteiger charge is -2.22. The number of hydrogen-bond donors (Lipinski definition) is 1. The van der Waals surface area contributed by atoms with E-state index >= 15 is 0 Å². The van der Waals surface area contributed by atoms with E-state index in [0.717, 1.165) is 17.9 Å². The zero-order chi connectivity index (χ0) is 19.2. The Morgan fingerprint density at radius 2 is 1.79 bits per heavy atom. The molecule has 0 bridgehead atoms. The number of nitrogens with zero attached hydrogens (tertiary/aromatic N) is 4. The van der Waals surface area contributed by atoms with Crippen LogP contribution in [0.5, 0.6) is 0 Å². The van der Waals surface area contributed by atoms with Gasteiger partial charge in [0.05, 0.1) is 5.56 Å². The maximum Gasteiger partial charge on any atom is 0.261 e. The van der Waals surface area contributed by atoms with E-state index in [1.807, 2.05) is 19.1 Å². The first-order valence-electron chi connectivity index (χ1n) is 10.1. The molecule has 0 amide bonds. The second kappa shape index (κ2) is 8.97. The van der Waals surface area contributed by atoms with E-state index < -0.39 is 0 Å². The number of likely N-dealkylation sites (tertiary alicyclic amines) is 1. The van der Waals surface area contributed by atoms with Crippen molar-refractivity contribution in [2.75, 3.05) is 18.4 Å². The molecule has 1 fully saturated rings. The summed E-state index contributed by atoms with van der Waals surface area (Å²) in [7, 11) is 0. The molecule has 0 atom stereocenters. The predicted molar refractivity (Wildman–Crippen MR) is 110 cm³/mol. The van der Waals surface area contributed by atoms with Crippen LogP contribution in [0.1, 0.15) is 42.6 Å². The predicted octanol–water partition coefficient (Wildman–Crippen LogP) is 4.43. The third kappa shape index (κ3) is 4.57. The minimum absolute atomic E-state index is 0.492. The van der Waals surface area contributed by atoms with E-state index in [1.165, 1.54) is 49.9 Å². The number of aromatic nitrogens is 3. The van der Waals surface area contributed by atoms with Crippen molar-refractivity contribution in [1.29, 1.82) is 0 Å². The number of pyridine rings is 1. The number of benzene rings is 1. The van der Waals surface area contributed by atoms with Gasteiger partial charge in [-0.3, -0.25) is 4.90 Å². The maximum atomic E-state index is 5.33. The number of nitrogens with one attached hydrogen (secondary N) is 1. The van der Waals surface area contributed by atoms with Gasteiger partial charge in [-0.2, -0.15) is 4.98 Å². The van der Waals surface area contributed by atoms with E-state index in [0.29, 0.717) is 18.3 Å². The molecule has 0 saturated carbocycles. The third-order valence-corrected chi connectivity index (χ3v) is 5.22. The van der Waals surface area contributed by atoms with Crippen molar-refractivity contribution in [2.45, 2.75) is 45.7 Å². The molecular formula is C22H27N5O. The van der Waals surface area contributed by atoms with Gasteiger partial charge in [0.1, 0.15) is 5.82 Å². The Labute approximate surface area is 166 Å². The third-order valence-electron chi connectivity index (χ3n) is 5.22. The van der Waals surface area contributed by atoms with Crippen LogP contribution in [0, 0.1) is 6.92 Å². The monoisotopic (exact) mass is 377 g/mol. The lowest BCUT2D eigenvalue weighted by Crippen LogP contribution is -2.24. The van der Waals surface area contributed by atoms with Crippen molar-refractivity contribution in [3.63, 3.8) is 0 Å². The van der Waals surface area contributed by atoms with Crippen LogP contribution < -0.4 is 5.32 Å².